The van der Waals surface area contributed by atoms with Crippen LogP contribution < -0.4 is 15.8 Å². The van der Waals surface area contributed by atoms with Crippen molar-refractivity contribution in [2.75, 3.05) is 18.5 Å². The molecule has 0 bridgehead atoms. The van der Waals surface area contributed by atoms with Crippen molar-refractivity contribution < 1.29 is 13.2 Å². The molecule has 1 rings (SSSR count). The number of hydrogen-bond acceptors (Lipinski definition) is 4. The number of benzene rings is 1. The predicted molar refractivity (Wildman–Crippen MR) is 80.0 cm³/mol. The number of nitrogen functional groups attached to an aromatic ring is 1. The summed E-state index contributed by atoms with van der Waals surface area (Å²) >= 11 is 0. The van der Waals surface area contributed by atoms with Gasteiger partial charge in [0, 0.05) is 23.3 Å². The first kappa shape index (κ1) is 16.5. The van der Waals surface area contributed by atoms with Crippen molar-refractivity contribution in [1.82, 2.24) is 10.0 Å². The van der Waals surface area contributed by atoms with E-state index >= 15 is 0 Å². The number of nitrogens with two attached hydrogens (primary N) is 1. The van der Waals surface area contributed by atoms with Gasteiger partial charge in [-0.05, 0) is 44.5 Å². The molecule has 1 aromatic carbocycles. The molecule has 1 amide bonds. The average molecular weight is 299 g/mol. The number of amides is 1. The molecular formula is C13H21N3O3S. The zero-order valence-corrected chi connectivity index (χ0v) is 13.0. The molecule has 112 valence electrons. The first-order valence-corrected chi connectivity index (χ1v) is 8.02. The van der Waals surface area contributed by atoms with Gasteiger partial charge in [-0.3, -0.25) is 4.79 Å². The molecule has 0 saturated heterocycles. The fraction of sp³-hybridized carbons (Fsp3) is 0.462. The lowest BCUT2D eigenvalue weighted by Gasteiger charge is -2.25. The van der Waals surface area contributed by atoms with Gasteiger partial charge in [-0.25, -0.2) is 13.1 Å². The van der Waals surface area contributed by atoms with Gasteiger partial charge in [0.15, 0.2) is 0 Å². The molecule has 0 fully saturated rings. The normalized spacial score (nSPS) is 12.2. The molecule has 1 aromatic rings. The number of carbonyl (C=O) groups excluding carboxylic acids is 1. The smallest absolute Gasteiger partial charge is 0.251 e. The largest absolute Gasteiger partial charge is 0.399 e. The van der Waals surface area contributed by atoms with Gasteiger partial charge >= 0.3 is 0 Å². The molecule has 0 unspecified atom stereocenters. The molecule has 0 spiro atoms. The second-order valence-electron chi connectivity index (χ2n) is 5.57. The van der Waals surface area contributed by atoms with Crippen LogP contribution in [0.25, 0.3) is 0 Å². The van der Waals surface area contributed by atoms with E-state index in [0.29, 0.717) is 11.3 Å². The summed E-state index contributed by atoms with van der Waals surface area (Å²) in [5, 5.41) is 2.69. The van der Waals surface area contributed by atoms with E-state index < -0.39 is 15.6 Å². The van der Waals surface area contributed by atoms with E-state index in [4.69, 9.17) is 5.73 Å². The Kier molecular flexibility index (Phi) is 4.77. The molecule has 0 aliphatic rings. The lowest BCUT2D eigenvalue weighted by molar-refractivity contribution is 0.0944. The SMILES string of the molecule is Cc1cc(N)cc(C(=O)NCC(C)(C)NS(C)(=O)=O)c1. The van der Waals surface area contributed by atoms with E-state index in [2.05, 4.69) is 10.0 Å². The Morgan fingerprint density at radius 2 is 1.90 bits per heavy atom. The first-order valence-electron chi connectivity index (χ1n) is 6.13. The fourth-order valence-electron chi connectivity index (χ4n) is 1.89. The second-order valence-corrected chi connectivity index (χ2v) is 7.32. The summed E-state index contributed by atoms with van der Waals surface area (Å²) in [6, 6.07) is 5.08. The van der Waals surface area contributed by atoms with Crippen LogP contribution in [0.1, 0.15) is 29.8 Å². The minimum atomic E-state index is -3.33. The quantitative estimate of drug-likeness (QED) is 0.694. The van der Waals surface area contributed by atoms with E-state index in [0.717, 1.165) is 11.8 Å². The van der Waals surface area contributed by atoms with Gasteiger partial charge in [0.05, 0.1) is 6.26 Å². The van der Waals surface area contributed by atoms with Crippen LogP contribution >= 0.6 is 0 Å². The zero-order valence-electron chi connectivity index (χ0n) is 12.1. The van der Waals surface area contributed by atoms with Gasteiger partial charge in [0.1, 0.15) is 0 Å². The third-order valence-electron chi connectivity index (χ3n) is 2.51. The monoisotopic (exact) mass is 299 g/mol. The van der Waals surface area contributed by atoms with Crippen LogP contribution in [0.5, 0.6) is 0 Å². The lowest BCUT2D eigenvalue weighted by Crippen LogP contribution is -2.51. The highest BCUT2D eigenvalue weighted by atomic mass is 32.2. The maximum absolute atomic E-state index is 12.0. The molecule has 0 heterocycles. The van der Waals surface area contributed by atoms with Crippen LogP contribution in [0, 0.1) is 6.92 Å². The summed E-state index contributed by atoms with van der Waals surface area (Å²) in [6.07, 6.45) is 1.08. The zero-order chi connectivity index (χ0) is 15.6. The van der Waals surface area contributed by atoms with Crippen molar-refractivity contribution in [2.45, 2.75) is 26.3 Å². The summed E-state index contributed by atoms with van der Waals surface area (Å²) in [5.41, 5.74) is 6.79. The maximum Gasteiger partial charge on any atom is 0.251 e. The first-order chi connectivity index (χ1) is 8.98. The van der Waals surface area contributed by atoms with Gasteiger partial charge < -0.3 is 11.1 Å². The molecule has 0 aliphatic carbocycles. The molecule has 0 aliphatic heterocycles. The summed E-state index contributed by atoms with van der Waals surface area (Å²) in [5.74, 6) is -0.288. The van der Waals surface area contributed by atoms with E-state index in [-0.39, 0.29) is 12.5 Å². The number of carbonyl (C=O) groups is 1. The number of aryl methyl sites for hydroxylation is 1. The molecular weight excluding hydrogens is 278 g/mol. The number of hydrogen-bond donors (Lipinski definition) is 3. The van der Waals surface area contributed by atoms with Crippen LogP contribution in [-0.2, 0) is 10.0 Å². The van der Waals surface area contributed by atoms with Crippen LogP contribution in [0.2, 0.25) is 0 Å². The fourth-order valence-corrected chi connectivity index (χ4v) is 2.96. The highest BCUT2D eigenvalue weighted by molar-refractivity contribution is 7.88. The Balaban J connectivity index is 2.72. The molecule has 0 atom stereocenters. The standard InChI is InChI=1S/C13H21N3O3S/c1-9-5-10(7-11(14)6-9)12(17)15-8-13(2,3)16-20(4,18)19/h5-7,16H,8,14H2,1-4H3,(H,15,17). The number of rotatable bonds is 5. The molecule has 0 saturated carbocycles. The van der Waals surface area contributed by atoms with Gasteiger partial charge in [-0.2, -0.15) is 0 Å². The van der Waals surface area contributed by atoms with Crippen molar-refractivity contribution in [2.24, 2.45) is 0 Å². The van der Waals surface area contributed by atoms with Crippen molar-refractivity contribution in [3.8, 4) is 0 Å². The number of sulfonamides is 1. The number of anilines is 1. The van der Waals surface area contributed by atoms with Crippen LogP contribution in [-0.4, -0.2) is 32.7 Å². The van der Waals surface area contributed by atoms with Crippen molar-refractivity contribution in [3.05, 3.63) is 29.3 Å². The third-order valence-corrected chi connectivity index (χ3v) is 3.44. The molecule has 6 nitrogen and oxygen atoms in total. The Hall–Kier alpha value is -1.60. The number of nitrogens with one attached hydrogen (secondary N) is 2. The third kappa shape index (κ3) is 5.58. The minimum Gasteiger partial charge on any atom is -0.399 e. The van der Waals surface area contributed by atoms with Crippen molar-refractivity contribution in [3.63, 3.8) is 0 Å². The summed E-state index contributed by atoms with van der Waals surface area (Å²) in [4.78, 5) is 12.0. The Morgan fingerprint density at radius 1 is 1.30 bits per heavy atom. The summed E-state index contributed by atoms with van der Waals surface area (Å²) in [6.45, 7) is 5.41. The van der Waals surface area contributed by atoms with E-state index in [9.17, 15) is 13.2 Å². The highest BCUT2D eigenvalue weighted by Gasteiger charge is 2.23. The summed E-state index contributed by atoms with van der Waals surface area (Å²) in [7, 11) is -3.33. The molecule has 20 heavy (non-hydrogen) atoms. The molecule has 4 N–H and O–H groups in total. The second kappa shape index (κ2) is 5.80. The van der Waals surface area contributed by atoms with E-state index in [1.165, 1.54) is 0 Å². The Bertz CT molecular complexity index is 589. The predicted octanol–water partition coefficient (Wildman–Crippen LogP) is 0.635. The maximum atomic E-state index is 12.0. The lowest BCUT2D eigenvalue weighted by atomic mass is 10.1. The molecule has 0 radical (unpaired) electrons. The van der Waals surface area contributed by atoms with Crippen molar-refractivity contribution >= 4 is 21.6 Å². The van der Waals surface area contributed by atoms with Crippen LogP contribution in [0.3, 0.4) is 0 Å². The summed E-state index contributed by atoms with van der Waals surface area (Å²) < 4.78 is 24.9. The Morgan fingerprint density at radius 3 is 2.40 bits per heavy atom. The Labute approximate surface area is 119 Å². The van der Waals surface area contributed by atoms with Gasteiger partial charge in [0.2, 0.25) is 10.0 Å². The van der Waals surface area contributed by atoms with Gasteiger partial charge in [0.25, 0.3) is 5.91 Å². The van der Waals surface area contributed by atoms with E-state index in [1.807, 2.05) is 6.92 Å². The molecule has 7 heteroatoms. The van der Waals surface area contributed by atoms with Gasteiger partial charge in [-0.1, -0.05) is 0 Å². The average Bonchev–Trinajstić information content (AvgIpc) is 2.21. The van der Waals surface area contributed by atoms with Crippen LogP contribution in [0.15, 0.2) is 18.2 Å². The highest BCUT2D eigenvalue weighted by Crippen LogP contribution is 2.11. The topological polar surface area (TPSA) is 101 Å². The van der Waals surface area contributed by atoms with E-state index in [1.54, 1.807) is 32.0 Å². The van der Waals surface area contributed by atoms with Crippen LogP contribution in [0.4, 0.5) is 5.69 Å². The van der Waals surface area contributed by atoms with Gasteiger partial charge in [-0.15, -0.1) is 0 Å². The van der Waals surface area contributed by atoms with Crippen molar-refractivity contribution in [1.29, 1.82) is 0 Å². The minimum absolute atomic E-state index is 0.173. The molecule has 0 aromatic heterocycles.